The average Bonchev–Trinajstić information content (AvgIpc) is 2.92. The van der Waals surface area contributed by atoms with Crippen LogP contribution in [0, 0.1) is 16.0 Å². The lowest BCUT2D eigenvalue weighted by Crippen LogP contribution is -2.44. The second-order valence-electron chi connectivity index (χ2n) is 5.87. The SMILES string of the molecule is NC(=O)C1NNC2CCC(Nc3ncc(Cl)cc3[N+](=O)[O-])CC21. The molecule has 0 bridgehead atoms. The van der Waals surface area contributed by atoms with Crippen molar-refractivity contribution < 1.29 is 9.72 Å². The molecule has 2 aliphatic rings. The molecule has 1 aromatic heterocycles. The van der Waals surface area contributed by atoms with E-state index in [0.29, 0.717) is 6.42 Å². The Labute approximate surface area is 137 Å². The first-order valence-corrected chi connectivity index (χ1v) is 7.70. The van der Waals surface area contributed by atoms with Crippen LogP contribution >= 0.6 is 11.6 Å². The maximum Gasteiger partial charge on any atom is 0.312 e. The van der Waals surface area contributed by atoms with Gasteiger partial charge < -0.3 is 11.1 Å². The number of pyridine rings is 1. The number of primary amides is 1. The maximum atomic E-state index is 11.5. The number of carbonyl (C=O) groups excluding carboxylic acids is 1. The molecule has 3 rings (SSSR count). The number of rotatable bonds is 4. The summed E-state index contributed by atoms with van der Waals surface area (Å²) in [6.07, 6.45) is 3.68. The van der Waals surface area contributed by atoms with Gasteiger partial charge in [0.25, 0.3) is 0 Å². The van der Waals surface area contributed by atoms with E-state index in [1.165, 1.54) is 12.3 Å². The molecule has 1 aliphatic carbocycles. The molecule has 4 unspecified atom stereocenters. The van der Waals surface area contributed by atoms with Gasteiger partial charge in [-0.05, 0) is 19.3 Å². The van der Waals surface area contributed by atoms with Crippen molar-refractivity contribution in [3.8, 4) is 0 Å². The Kier molecular flexibility index (Phi) is 4.33. The Bertz CT molecular complexity index is 642. The molecule has 2 heterocycles. The van der Waals surface area contributed by atoms with Gasteiger partial charge in [0.1, 0.15) is 6.04 Å². The van der Waals surface area contributed by atoms with Gasteiger partial charge in [-0.1, -0.05) is 11.6 Å². The number of hydrogen-bond acceptors (Lipinski definition) is 7. The number of nitrogens with one attached hydrogen (secondary N) is 3. The largest absolute Gasteiger partial charge is 0.368 e. The Morgan fingerprint density at radius 3 is 2.96 bits per heavy atom. The maximum absolute atomic E-state index is 11.5. The van der Waals surface area contributed by atoms with Crippen molar-refractivity contribution in [3.63, 3.8) is 0 Å². The van der Waals surface area contributed by atoms with Gasteiger partial charge in [-0.3, -0.25) is 20.3 Å². The van der Waals surface area contributed by atoms with E-state index in [1.54, 1.807) is 0 Å². The third-order valence-electron chi connectivity index (χ3n) is 4.43. The summed E-state index contributed by atoms with van der Waals surface area (Å²) in [5.41, 5.74) is 11.3. The van der Waals surface area contributed by atoms with Crippen LogP contribution in [0.1, 0.15) is 19.3 Å². The van der Waals surface area contributed by atoms with E-state index in [4.69, 9.17) is 17.3 Å². The first-order valence-electron chi connectivity index (χ1n) is 7.32. The highest BCUT2D eigenvalue weighted by atomic mass is 35.5. The highest BCUT2D eigenvalue weighted by molar-refractivity contribution is 6.30. The Morgan fingerprint density at radius 1 is 1.48 bits per heavy atom. The number of hydrogen-bond donors (Lipinski definition) is 4. The van der Waals surface area contributed by atoms with Crippen molar-refractivity contribution in [1.29, 1.82) is 0 Å². The zero-order chi connectivity index (χ0) is 16.6. The molecule has 0 radical (unpaired) electrons. The zero-order valence-electron chi connectivity index (χ0n) is 12.2. The summed E-state index contributed by atoms with van der Waals surface area (Å²) < 4.78 is 0. The normalized spacial score (nSPS) is 29.8. The first-order chi connectivity index (χ1) is 11.0. The number of amides is 1. The zero-order valence-corrected chi connectivity index (χ0v) is 12.9. The third-order valence-corrected chi connectivity index (χ3v) is 4.64. The number of anilines is 1. The van der Waals surface area contributed by atoms with Crippen LogP contribution in [0.2, 0.25) is 5.02 Å². The van der Waals surface area contributed by atoms with E-state index in [1.807, 2.05) is 0 Å². The van der Waals surface area contributed by atoms with Gasteiger partial charge in [-0.25, -0.2) is 10.4 Å². The number of nitro groups is 1. The molecule has 1 saturated heterocycles. The molecule has 124 valence electrons. The molecule has 4 atom stereocenters. The highest BCUT2D eigenvalue weighted by Gasteiger charge is 2.43. The second kappa shape index (κ2) is 6.26. The van der Waals surface area contributed by atoms with Gasteiger partial charge in [0, 0.05) is 30.3 Å². The lowest BCUT2D eigenvalue weighted by atomic mass is 9.79. The smallest absolute Gasteiger partial charge is 0.312 e. The minimum atomic E-state index is -0.516. The number of carbonyl (C=O) groups is 1. The Morgan fingerprint density at radius 2 is 2.26 bits per heavy atom. The van der Waals surface area contributed by atoms with E-state index < -0.39 is 16.9 Å². The van der Waals surface area contributed by atoms with Gasteiger partial charge >= 0.3 is 5.69 Å². The van der Waals surface area contributed by atoms with Crippen molar-refractivity contribution in [2.24, 2.45) is 11.7 Å². The number of fused-ring (bicyclic) bond motifs is 1. The van der Waals surface area contributed by atoms with Crippen LogP contribution in [0.5, 0.6) is 0 Å². The summed E-state index contributed by atoms with van der Waals surface area (Å²) in [4.78, 5) is 26.1. The fraction of sp³-hybridized carbons (Fsp3) is 0.538. The van der Waals surface area contributed by atoms with Gasteiger partial charge in [0.05, 0.1) is 9.95 Å². The monoisotopic (exact) mass is 340 g/mol. The molecule has 1 amide bonds. The quantitative estimate of drug-likeness (QED) is 0.464. The molecular weight excluding hydrogens is 324 g/mol. The molecule has 0 aromatic carbocycles. The summed E-state index contributed by atoms with van der Waals surface area (Å²) in [6, 6.07) is 0.997. The predicted molar refractivity (Wildman–Crippen MR) is 83.7 cm³/mol. The summed E-state index contributed by atoms with van der Waals surface area (Å²) in [7, 11) is 0. The van der Waals surface area contributed by atoms with Crippen LogP contribution in [0.15, 0.2) is 12.3 Å². The van der Waals surface area contributed by atoms with Crippen molar-refractivity contribution in [2.45, 2.75) is 37.4 Å². The number of nitrogens with two attached hydrogens (primary N) is 1. The van der Waals surface area contributed by atoms with Crippen molar-refractivity contribution in [1.82, 2.24) is 15.8 Å². The Hall–Kier alpha value is -1.97. The first kappa shape index (κ1) is 15.9. The van der Waals surface area contributed by atoms with E-state index in [9.17, 15) is 14.9 Å². The number of nitrogens with zero attached hydrogens (tertiary/aromatic N) is 2. The van der Waals surface area contributed by atoms with E-state index in [-0.39, 0.29) is 34.5 Å². The molecule has 23 heavy (non-hydrogen) atoms. The molecule has 2 fully saturated rings. The Balaban J connectivity index is 1.74. The summed E-state index contributed by atoms with van der Waals surface area (Å²) >= 11 is 5.77. The topological polar surface area (TPSA) is 135 Å². The van der Waals surface area contributed by atoms with Crippen LogP contribution in [-0.4, -0.2) is 33.9 Å². The number of halogens is 1. The third kappa shape index (κ3) is 3.21. The van der Waals surface area contributed by atoms with Crippen LogP contribution in [0.4, 0.5) is 11.5 Å². The minimum Gasteiger partial charge on any atom is -0.368 e. The van der Waals surface area contributed by atoms with Crippen LogP contribution in [0.3, 0.4) is 0 Å². The van der Waals surface area contributed by atoms with E-state index >= 15 is 0 Å². The number of aromatic nitrogens is 1. The minimum absolute atomic E-state index is 0.0211. The fourth-order valence-corrected chi connectivity index (χ4v) is 3.49. The van der Waals surface area contributed by atoms with E-state index in [0.717, 1.165) is 12.8 Å². The van der Waals surface area contributed by atoms with Gasteiger partial charge in [0.15, 0.2) is 0 Å². The highest BCUT2D eigenvalue weighted by Crippen LogP contribution is 2.33. The van der Waals surface area contributed by atoms with Gasteiger partial charge in [0.2, 0.25) is 11.7 Å². The number of hydrazine groups is 1. The van der Waals surface area contributed by atoms with Crippen molar-refractivity contribution in [3.05, 3.63) is 27.4 Å². The van der Waals surface area contributed by atoms with Crippen LogP contribution in [0.25, 0.3) is 0 Å². The lowest BCUT2D eigenvalue weighted by molar-refractivity contribution is -0.384. The standard InChI is InChI=1S/C13H17ClN6O3/c14-6-3-10(20(22)23)13(16-5-6)17-7-1-2-9-8(4-7)11(12(15)21)19-18-9/h3,5,7-9,11,18-19H,1-2,4H2,(H2,15,21)(H,16,17). The molecular formula is C13H17ClN6O3. The van der Waals surface area contributed by atoms with Crippen LogP contribution in [-0.2, 0) is 4.79 Å². The molecule has 9 nitrogen and oxygen atoms in total. The van der Waals surface area contributed by atoms with Crippen molar-refractivity contribution >= 4 is 29.0 Å². The molecule has 1 aromatic rings. The van der Waals surface area contributed by atoms with Crippen molar-refractivity contribution in [2.75, 3.05) is 5.32 Å². The second-order valence-corrected chi connectivity index (χ2v) is 6.31. The van der Waals surface area contributed by atoms with Gasteiger partial charge in [-0.15, -0.1) is 0 Å². The molecule has 10 heteroatoms. The predicted octanol–water partition coefficient (Wildman–Crippen LogP) is 0.554. The summed E-state index contributed by atoms with van der Waals surface area (Å²) in [6.45, 7) is 0. The van der Waals surface area contributed by atoms with Gasteiger partial charge in [-0.2, -0.15) is 0 Å². The summed E-state index contributed by atoms with van der Waals surface area (Å²) in [5, 5.41) is 14.4. The van der Waals surface area contributed by atoms with E-state index in [2.05, 4.69) is 21.2 Å². The molecule has 5 N–H and O–H groups in total. The molecule has 1 saturated carbocycles. The van der Waals surface area contributed by atoms with Crippen LogP contribution < -0.4 is 21.9 Å². The fourth-order valence-electron chi connectivity index (χ4n) is 3.34. The lowest BCUT2D eigenvalue weighted by Gasteiger charge is -2.32. The average molecular weight is 341 g/mol. The molecule has 0 spiro atoms. The summed E-state index contributed by atoms with van der Waals surface area (Å²) in [5.74, 6) is -0.163. The molecule has 1 aliphatic heterocycles.